The maximum Gasteiger partial charge on any atom is 0.238 e. The molecule has 0 aliphatic rings. The van der Waals surface area contributed by atoms with Crippen LogP contribution in [0.1, 0.15) is 37.6 Å². The number of aryl methyl sites for hydroxylation is 1. The minimum atomic E-state index is -0.149. The number of aliphatic hydroxyl groups excluding tert-OH is 1. The predicted molar refractivity (Wildman–Crippen MR) is 77.9 cm³/mol. The van der Waals surface area contributed by atoms with Crippen molar-refractivity contribution in [3.05, 3.63) is 47.4 Å². The van der Waals surface area contributed by atoms with E-state index in [1.807, 2.05) is 13.0 Å². The maximum atomic E-state index is 9.10. The van der Waals surface area contributed by atoms with E-state index in [0.717, 1.165) is 16.9 Å². The molecular formula is C16H20N2O2. The highest BCUT2D eigenvalue weighted by molar-refractivity contribution is 5.42. The van der Waals surface area contributed by atoms with Crippen molar-refractivity contribution < 1.29 is 9.84 Å². The first-order chi connectivity index (χ1) is 9.40. The summed E-state index contributed by atoms with van der Waals surface area (Å²) >= 11 is 0. The Labute approximate surface area is 119 Å². The van der Waals surface area contributed by atoms with Crippen molar-refractivity contribution in [2.45, 2.75) is 39.7 Å². The quantitative estimate of drug-likeness (QED) is 0.930. The molecule has 1 aromatic heterocycles. The molecule has 0 saturated heterocycles. The molecule has 1 N–H and O–H groups in total. The Morgan fingerprint density at radius 1 is 1.20 bits per heavy atom. The summed E-state index contributed by atoms with van der Waals surface area (Å²) in [7, 11) is 0. The zero-order valence-electron chi connectivity index (χ0n) is 12.3. The van der Waals surface area contributed by atoms with E-state index in [2.05, 4.69) is 42.9 Å². The molecule has 0 radical (unpaired) electrons. The zero-order chi connectivity index (χ0) is 14.8. The average molecular weight is 272 g/mol. The third kappa shape index (κ3) is 3.33. The fourth-order valence-electron chi connectivity index (χ4n) is 1.96. The minimum Gasteiger partial charge on any atom is -0.437 e. The molecule has 0 fully saturated rings. The van der Waals surface area contributed by atoms with E-state index < -0.39 is 0 Å². The van der Waals surface area contributed by atoms with Gasteiger partial charge in [0.1, 0.15) is 5.75 Å². The lowest BCUT2D eigenvalue weighted by atomic mass is 9.86. The summed E-state index contributed by atoms with van der Waals surface area (Å²) in [6.07, 6.45) is 3.07. The van der Waals surface area contributed by atoms with Gasteiger partial charge >= 0.3 is 0 Å². The topological polar surface area (TPSA) is 55.2 Å². The van der Waals surface area contributed by atoms with E-state index in [9.17, 15) is 0 Å². The highest BCUT2D eigenvalue weighted by Gasteiger charge is 2.19. The van der Waals surface area contributed by atoms with Crippen molar-refractivity contribution in [1.82, 2.24) is 9.97 Å². The number of hydrogen-bond donors (Lipinski definition) is 1. The second-order valence-electron chi connectivity index (χ2n) is 5.86. The lowest BCUT2D eigenvalue weighted by Crippen LogP contribution is -2.12. The van der Waals surface area contributed by atoms with Gasteiger partial charge in [0.2, 0.25) is 5.88 Å². The standard InChI is InChI=1S/C16H20N2O2/c1-11-5-6-13(16(2,3)4)14(7-11)20-15-9-17-8-12(10-19)18-15/h5-9,19H,10H2,1-4H3. The number of nitrogens with zero attached hydrogens (tertiary/aromatic N) is 2. The van der Waals surface area contributed by atoms with Crippen molar-refractivity contribution in [1.29, 1.82) is 0 Å². The van der Waals surface area contributed by atoms with Gasteiger partial charge in [0.05, 0.1) is 24.7 Å². The van der Waals surface area contributed by atoms with Gasteiger partial charge in [0.15, 0.2) is 0 Å². The molecule has 4 heteroatoms. The first-order valence-corrected chi connectivity index (χ1v) is 6.61. The third-order valence-corrected chi connectivity index (χ3v) is 2.98. The Hall–Kier alpha value is -1.94. The van der Waals surface area contributed by atoms with Gasteiger partial charge in [-0.3, -0.25) is 4.98 Å². The van der Waals surface area contributed by atoms with E-state index in [1.54, 1.807) is 6.20 Å². The molecule has 1 aromatic carbocycles. The highest BCUT2D eigenvalue weighted by atomic mass is 16.5. The summed E-state index contributed by atoms with van der Waals surface area (Å²) in [4.78, 5) is 8.22. The Balaban J connectivity index is 2.39. The van der Waals surface area contributed by atoms with Crippen LogP contribution in [0.3, 0.4) is 0 Å². The van der Waals surface area contributed by atoms with Crippen molar-refractivity contribution >= 4 is 0 Å². The molecular weight excluding hydrogens is 252 g/mol. The number of rotatable bonds is 3. The molecule has 2 aromatic rings. The summed E-state index contributed by atoms with van der Waals surface area (Å²) in [5.41, 5.74) is 2.71. The lowest BCUT2D eigenvalue weighted by Gasteiger charge is -2.22. The molecule has 0 unspecified atom stereocenters. The van der Waals surface area contributed by atoms with Crippen molar-refractivity contribution in [3.8, 4) is 11.6 Å². The monoisotopic (exact) mass is 272 g/mol. The van der Waals surface area contributed by atoms with E-state index in [-0.39, 0.29) is 12.0 Å². The van der Waals surface area contributed by atoms with Gasteiger partial charge in [-0.05, 0) is 24.0 Å². The van der Waals surface area contributed by atoms with Crippen LogP contribution in [0.15, 0.2) is 30.6 Å². The van der Waals surface area contributed by atoms with E-state index in [4.69, 9.17) is 9.84 Å². The van der Waals surface area contributed by atoms with Gasteiger partial charge in [0.25, 0.3) is 0 Å². The summed E-state index contributed by atoms with van der Waals surface area (Å²) in [6, 6.07) is 6.14. The van der Waals surface area contributed by atoms with Crippen molar-refractivity contribution in [2.75, 3.05) is 0 Å². The minimum absolute atomic E-state index is 0.0228. The van der Waals surface area contributed by atoms with Crippen LogP contribution in [0.5, 0.6) is 11.6 Å². The first-order valence-electron chi connectivity index (χ1n) is 6.61. The Bertz CT molecular complexity index is 604. The zero-order valence-corrected chi connectivity index (χ0v) is 12.3. The molecule has 0 bridgehead atoms. The van der Waals surface area contributed by atoms with Crippen LogP contribution < -0.4 is 4.74 Å². The SMILES string of the molecule is Cc1ccc(C(C)(C)C)c(Oc2cncc(CO)n2)c1. The van der Waals surface area contributed by atoms with Gasteiger partial charge in [0, 0.05) is 5.56 Å². The third-order valence-electron chi connectivity index (χ3n) is 2.98. The summed E-state index contributed by atoms with van der Waals surface area (Å²) in [5, 5.41) is 9.10. The molecule has 2 rings (SSSR count). The molecule has 0 spiro atoms. The lowest BCUT2D eigenvalue weighted by molar-refractivity contribution is 0.274. The highest BCUT2D eigenvalue weighted by Crippen LogP contribution is 2.34. The molecule has 0 aliphatic heterocycles. The molecule has 0 atom stereocenters. The molecule has 0 aliphatic carbocycles. The van der Waals surface area contributed by atoms with Gasteiger partial charge in [-0.25, -0.2) is 4.98 Å². The second-order valence-corrected chi connectivity index (χ2v) is 5.86. The Morgan fingerprint density at radius 2 is 1.95 bits per heavy atom. The molecule has 1 heterocycles. The maximum absolute atomic E-state index is 9.10. The van der Waals surface area contributed by atoms with Crippen molar-refractivity contribution in [2.24, 2.45) is 0 Å². The fraction of sp³-hybridized carbons (Fsp3) is 0.375. The van der Waals surface area contributed by atoms with Crippen LogP contribution in [0.2, 0.25) is 0 Å². The second kappa shape index (κ2) is 5.59. The summed E-state index contributed by atoms with van der Waals surface area (Å²) < 4.78 is 5.87. The van der Waals surface area contributed by atoms with Crippen LogP contribution in [0.25, 0.3) is 0 Å². The van der Waals surface area contributed by atoms with Crippen LogP contribution in [0, 0.1) is 6.92 Å². The van der Waals surface area contributed by atoms with Gasteiger partial charge in [-0.1, -0.05) is 32.9 Å². The van der Waals surface area contributed by atoms with Crippen molar-refractivity contribution in [3.63, 3.8) is 0 Å². The van der Waals surface area contributed by atoms with Crippen LogP contribution in [-0.2, 0) is 12.0 Å². The number of aromatic nitrogens is 2. The number of aliphatic hydroxyl groups is 1. The number of hydrogen-bond acceptors (Lipinski definition) is 4. The van der Waals surface area contributed by atoms with Crippen LogP contribution in [-0.4, -0.2) is 15.1 Å². The summed E-state index contributed by atoms with van der Waals surface area (Å²) in [5.74, 6) is 1.18. The average Bonchev–Trinajstić information content (AvgIpc) is 2.37. The number of ether oxygens (including phenoxy) is 1. The van der Waals surface area contributed by atoms with E-state index in [0.29, 0.717) is 11.6 Å². The predicted octanol–water partition coefficient (Wildman–Crippen LogP) is 3.37. The Kier molecular flexibility index (Phi) is 4.04. The normalized spacial score (nSPS) is 11.4. The van der Waals surface area contributed by atoms with Gasteiger partial charge < -0.3 is 9.84 Å². The Morgan fingerprint density at radius 3 is 2.60 bits per heavy atom. The summed E-state index contributed by atoms with van der Waals surface area (Å²) in [6.45, 7) is 8.29. The number of benzene rings is 1. The molecule has 20 heavy (non-hydrogen) atoms. The van der Waals surface area contributed by atoms with Gasteiger partial charge in [-0.15, -0.1) is 0 Å². The van der Waals surface area contributed by atoms with E-state index >= 15 is 0 Å². The first kappa shape index (κ1) is 14.5. The fourth-order valence-corrected chi connectivity index (χ4v) is 1.96. The largest absolute Gasteiger partial charge is 0.437 e. The smallest absolute Gasteiger partial charge is 0.238 e. The molecule has 0 amide bonds. The molecule has 0 saturated carbocycles. The van der Waals surface area contributed by atoms with Gasteiger partial charge in [-0.2, -0.15) is 0 Å². The molecule has 106 valence electrons. The van der Waals surface area contributed by atoms with Crippen LogP contribution >= 0.6 is 0 Å². The molecule has 4 nitrogen and oxygen atoms in total. The van der Waals surface area contributed by atoms with E-state index in [1.165, 1.54) is 6.20 Å². The van der Waals surface area contributed by atoms with Crippen LogP contribution in [0.4, 0.5) is 0 Å².